The van der Waals surface area contributed by atoms with Crippen molar-refractivity contribution >= 4 is 32.3 Å². The zero-order valence-corrected chi connectivity index (χ0v) is 34.3. The Balaban J connectivity index is 1.04. The smallest absolute Gasteiger partial charge is 0.160 e. The van der Waals surface area contributed by atoms with E-state index in [4.69, 9.17) is 9.97 Å². The molecule has 12 rings (SSSR count). The maximum absolute atomic E-state index is 5.42. The second-order valence-corrected chi connectivity index (χ2v) is 16.6. The average Bonchev–Trinajstić information content (AvgIpc) is 3.61. The molecule has 2 heteroatoms. The quantitative estimate of drug-likeness (QED) is 0.124. The molecule has 1 aromatic heterocycles. The van der Waals surface area contributed by atoms with Gasteiger partial charge in [0.05, 0.1) is 11.4 Å². The summed E-state index contributed by atoms with van der Waals surface area (Å²) in [4.78, 5) is 10.8. The summed E-state index contributed by atoms with van der Waals surface area (Å²) in [5.41, 5.74) is 15.7. The predicted octanol–water partition coefficient (Wildman–Crippen LogP) is 15.6. The predicted molar refractivity (Wildman–Crippen MR) is 259 cm³/mol. The average molecular weight is 789 g/mol. The second-order valence-electron chi connectivity index (χ2n) is 16.6. The van der Waals surface area contributed by atoms with Crippen molar-refractivity contribution in [1.29, 1.82) is 0 Å². The van der Waals surface area contributed by atoms with Crippen LogP contribution in [0.4, 0.5) is 0 Å². The third kappa shape index (κ3) is 5.72. The Bertz CT molecular complexity index is 3520. The lowest BCUT2D eigenvalue weighted by Gasteiger charge is -2.28. The van der Waals surface area contributed by atoms with E-state index in [1.807, 2.05) is 0 Å². The first kappa shape index (κ1) is 36.0. The number of benzene rings is 10. The molecule has 62 heavy (non-hydrogen) atoms. The van der Waals surface area contributed by atoms with Crippen molar-refractivity contribution in [3.63, 3.8) is 0 Å². The molecule has 1 atom stereocenters. The van der Waals surface area contributed by atoms with Gasteiger partial charge in [-0.1, -0.05) is 206 Å². The minimum atomic E-state index is -0.324. The van der Waals surface area contributed by atoms with Crippen LogP contribution < -0.4 is 0 Å². The molecule has 0 spiro atoms. The van der Waals surface area contributed by atoms with Crippen LogP contribution >= 0.6 is 0 Å². The molecule has 10 aromatic carbocycles. The van der Waals surface area contributed by atoms with E-state index in [1.54, 1.807) is 0 Å². The van der Waals surface area contributed by atoms with Crippen LogP contribution in [0.15, 0.2) is 224 Å². The third-order valence-corrected chi connectivity index (χ3v) is 13.2. The van der Waals surface area contributed by atoms with Crippen LogP contribution in [0.3, 0.4) is 0 Å². The summed E-state index contributed by atoms with van der Waals surface area (Å²) in [6.45, 7) is 2.37. The molecule has 0 N–H and O–H groups in total. The zero-order chi connectivity index (χ0) is 41.2. The van der Waals surface area contributed by atoms with E-state index >= 15 is 0 Å². The van der Waals surface area contributed by atoms with Crippen LogP contribution in [0.25, 0.3) is 99.6 Å². The molecule has 0 amide bonds. The highest BCUT2D eigenvalue weighted by atomic mass is 14.9. The third-order valence-electron chi connectivity index (χ3n) is 13.2. The van der Waals surface area contributed by atoms with Crippen LogP contribution in [-0.4, -0.2) is 9.97 Å². The summed E-state index contributed by atoms with van der Waals surface area (Å²) >= 11 is 0. The zero-order valence-electron chi connectivity index (χ0n) is 34.3. The van der Waals surface area contributed by atoms with Gasteiger partial charge in [0.2, 0.25) is 0 Å². The Morgan fingerprint density at radius 2 is 0.919 bits per heavy atom. The molecule has 290 valence electrons. The summed E-state index contributed by atoms with van der Waals surface area (Å²) in [6, 6.07) is 81.2. The van der Waals surface area contributed by atoms with Gasteiger partial charge in [0.1, 0.15) is 0 Å². The molecule has 0 aliphatic heterocycles. The molecule has 0 fully saturated rings. The number of hydrogen-bond donors (Lipinski definition) is 0. The van der Waals surface area contributed by atoms with Crippen LogP contribution in [0.5, 0.6) is 0 Å². The summed E-state index contributed by atoms with van der Waals surface area (Å²) in [7, 11) is 0. The van der Waals surface area contributed by atoms with Crippen molar-refractivity contribution in [3.05, 3.63) is 241 Å². The van der Waals surface area contributed by atoms with Gasteiger partial charge < -0.3 is 0 Å². The summed E-state index contributed by atoms with van der Waals surface area (Å²) in [5.74, 6) is 0.690. The minimum Gasteiger partial charge on any atom is -0.228 e. The van der Waals surface area contributed by atoms with Gasteiger partial charge in [-0.15, -0.1) is 0 Å². The van der Waals surface area contributed by atoms with E-state index in [2.05, 4.69) is 231 Å². The van der Waals surface area contributed by atoms with E-state index in [1.165, 1.54) is 65.7 Å². The minimum absolute atomic E-state index is 0.324. The molecule has 1 heterocycles. The van der Waals surface area contributed by atoms with Crippen molar-refractivity contribution in [1.82, 2.24) is 9.97 Å². The molecule has 1 aliphatic carbocycles. The second kappa shape index (κ2) is 14.4. The molecule has 2 nitrogen and oxygen atoms in total. The highest BCUT2D eigenvalue weighted by Crippen LogP contribution is 2.53. The number of rotatable bonds is 6. The number of aromatic nitrogens is 2. The van der Waals surface area contributed by atoms with Crippen LogP contribution in [0, 0.1) is 0 Å². The molecule has 0 bridgehead atoms. The topological polar surface area (TPSA) is 25.8 Å². The van der Waals surface area contributed by atoms with Crippen molar-refractivity contribution in [2.75, 3.05) is 0 Å². The van der Waals surface area contributed by atoms with E-state index in [0.29, 0.717) is 5.82 Å². The Morgan fingerprint density at radius 3 is 1.73 bits per heavy atom. The lowest BCUT2D eigenvalue weighted by atomic mass is 9.74. The van der Waals surface area contributed by atoms with Gasteiger partial charge in [-0.05, 0) is 108 Å². The van der Waals surface area contributed by atoms with Crippen molar-refractivity contribution in [3.8, 4) is 67.3 Å². The summed E-state index contributed by atoms with van der Waals surface area (Å²) in [6.07, 6.45) is 0. The fourth-order valence-corrected chi connectivity index (χ4v) is 10.1. The van der Waals surface area contributed by atoms with Crippen molar-refractivity contribution in [2.24, 2.45) is 0 Å². The van der Waals surface area contributed by atoms with Crippen LogP contribution in [0.2, 0.25) is 0 Å². The first-order valence-corrected chi connectivity index (χ1v) is 21.4. The van der Waals surface area contributed by atoms with E-state index in [0.717, 1.165) is 44.8 Å². The summed E-state index contributed by atoms with van der Waals surface area (Å²) < 4.78 is 0. The standard InChI is InChI=1S/C60H40N2/c1-60(45-20-6-3-7-21-45)54-27-15-14-25-49(54)50-34-33-44(37-55(50)60)56-38-57(51-26-13-12-22-46(51)39-16-4-2-5-17-39)62-59(61-56)42-30-28-41(29-31-42)58-48-24-11-9-19-43(48)36-53-47-23-10-8-18-40(47)32-35-52(53)58/h2-38H,1H3. The van der Waals surface area contributed by atoms with E-state index in [-0.39, 0.29) is 5.41 Å². The first-order valence-electron chi connectivity index (χ1n) is 21.4. The number of nitrogens with zero attached hydrogens (tertiary/aromatic N) is 2. The molecule has 0 saturated carbocycles. The van der Waals surface area contributed by atoms with E-state index in [9.17, 15) is 0 Å². The van der Waals surface area contributed by atoms with Crippen LogP contribution in [-0.2, 0) is 5.41 Å². The molecule has 1 aliphatic rings. The lowest BCUT2D eigenvalue weighted by Crippen LogP contribution is -2.22. The van der Waals surface area contributed by atoms with Crippen molar-refractivity contribution < 1.29 is 0 Å². The molecule has 11 aromatic rings. The Hall–Kier alpha value is -7.94. The van der Waals surface area contributed by atoms with Gasteiger partial charge in [-0.2, -0.15) is 0 Å². The largest absolute Gasteiger partial charge is 0.228 e. The van der Waals surface area contributed by atoms with Gasteiger partial charge >= 0.3 is 0 Å². The number of hydrogen-bond acceptors (Lipinski definition) is 2. The molecule has 1 unspecified atom stereocenters. The highest BCUT2D eigenvalue weighted by Gasteiger charge is 2.40. The maximum Gasteiger partial charge on any atom is 0.160 e. The molecule has 0 saturated heterocycles. The SMILES string of the molecule is CC1(c2ccccc2)c2ccccc2-c2ccc(-c3cc(-c4ccccc4-c4ccccc4)nc(-c4ccc(-c5c6ccccc6cc6c5ccc5ccccc56)cc4)n3)cc21. The highest BCUT2D eigenvalue weighted by molar-refractivity contribution is 6.20. The molecule has 0 radical (unpaired) electrons. The normalized spacial score (nSPS) is 14.3. The monoisotopic (exact) mass is 788 g/mol. The van der Waals surface area contributed by atoms with Gasteiger partial charge in [0.25, 0.3) is 0 Å². The molecular formula is C60H40N2. The van der Waals surface area contributed by atoms with Crippen molar-refractivity contribution in [2.45, 2.75) is 12.3 Å². The molecular weight excluding hydrogens is 749 g/mol. The Morgan fingerprint density at radius 1 is 0.323 bits per heavy atom. The van der Waals surface area contributed by atoms with Gasteiger partial charge in [-0.3, -0.25) is 0 Å². The van der Waals surface area contributed by atoms with E-state index < -0.39 is 0 Å². The number of fused-ring (bicyclic) bond motifs is 7. The fraction of sp³-hybridized carbons (Fsp3) is 0.0333. The maximum atomic E-state index is 5.42. The fourth-order valence-electron chi connectivity index (χ4n) is 10.1. The first-order chi connectivity index (χ1) is 30.6. The lowest BCUT2D eigenvalue weighted by molar-refractivity contribution is 0.714. The van der Waals surface area contributed by atoms with Gasteiger partial charge in [-0.25, -0.2) is 9.97 Å². The van der Waals surface area contributed by atoms with Gasteiger partial charge in [0, 0.05) is 22.1 Å². The van der Waals surface area contributed by atoms with Gasteiger partial charge in [0.15, 0.2) is 5.82 Å². The van der Waals surface area contributed by atoms with Crippen LogP contribution in [0.1, 0.15) is 23.6 Å². The Kier molecular flexibility index (Phi) is 8.33. The Labute approximate surface area is 361 Å². The summed E-state index contributed by atoms with van der Waals surface area (Å²) in [5, 5.41) is 7.49.